The number of benzene rings is 2. The third kappa shape index (κ3) is 8.99. The van der Waals surface area contributed by atoms with Crippen LogP contribution in [0.15, 0.2) is 59.5 Å². The number of rotatable bonds is 5. The molecule has 1 heterocycles. The van der Waals surface area contributed by atoms with Crippen LogP contribution >= 0.6 is 0 Å². The summed E-state index contributed by atoms with van der Waals surface area (Å²) in [5.74, 6) is -0.379. The van der Waals surface area contributed by atoms with Gasteiger partial charge in [0, 0.05) is 13.1 Å². The molecule has 1 amide bonds. The predicted octanol–water partition coefficient (Wildman–Crippen LogP) is 1.92. The second-order valence-corrected chi connectivity index (χ2v) is 9.77. The molecule has 0 unspecified atom stereocenters. The van der Waals surface area contributed by atoms with Gasteiger partial charge in [-0.05, 0) is 24.6 Å². The summed E-state index contributed by atoms with van der Waals surface area (Å²) < 4.78 is 51.1. The van der Waals surface area contributed by atoms with Crippen molar-refractivity contribution in [3.05, 3.63) is 65.7 Å². The van der Waals surface area contributed by atoms with Gasteiger partial charge in [0.05, 0.1) is 57.8 Å². The number of ether oxygens (including phenoxy) is 4. The largest absolute Gasteiger partial charge is 0.377 e. The Morgan fingerprint density at radius 2 is 1.26 bits per heavy atom. The highest BCUT2D eigenvalue weighted by atomic mass is 32.2. The third-order valence-corrected chi connectivity index (χ3v) is 6.86. The lowest BCUT2D eigenvalue weighted by atomic mass is 10.1. The summed E-state index contributed by atoms with van der Waals surface area (Å²) in [5.41, 5.74) is 1.49. The van der Waals surface area contributed by atoms with E-state index in [4.69, 9.17) is 18.9 Å². The van der Waals surface area contributed by atoms with E-state index in [2.05, 4.69) is 4.72 Å². The highest BCUT2D eigenvalue weighted by Gasteiger charge is 2.30. The summed E-state index contributed by atoms with van der Waals surface area (Å²) >= 11 is 0. The average molecular weight is 507 g/mol. The fourth-order valence-electron chi connectivity index (χ4n) is 3.47. The summed E-state index contributed by atoms with van der Waals surface area (Å²) in [5, 5.41) is 0. The first kappa shape index (κ1) is 27.3. The minimum Gasteiger partial charge on any atom is -0.377 e. The molecule has 2 aromatic carbocycles. The van der Waals surface area contributed by atoms with E-state index in [9.17, 15) is 13.2 Å². The van der Waals surface area contributed by atoms with Gasteiger partial charge >= 0.3 is 0 Å². The average Bonchev–Trinajstić information content (AvgIpc) is 2.87. The minimum atomic E-state index is -3.95. The Bertz CT molecular complexity index is 984. The van der Waals surface area contributed by atoms with E-state index in [0.29, 0.717) is 45.2 Å². The van der Waals surface area contributed by atoms with Gasteiger partial charge in [-0.15, -0.1) is 0 Å². The van der Waals surface area contributed by atoms with Gasteiger partial charge < -0.3 is 23.8 Å². The molecule has 192 valence electrons. The Labute approximate surface area is 207 Å². The van der Waals surface area contributed by atoms with Crippen molar-refractivity contribution in [1.29, 1.82) is 0 Å². The van der Waals surface area contributed by atoms with Gasteiger partial charge in [0.25, 0.3) is 0 Å². The van der Waals surface area contributed by atoms with E-state index in [-0.39, 0.29) is 37.1 Å². The Balaban J connectivity index is 1.79. The summed E-state index contributed by atoms with van der Waals surface area (Å²) in [6.45, 7) is 5.62. The normalized spacial score (nSPS) is 18.3. The van der Waals surface area contributed by atoms with E-state index in [0.717, 1.165) is 5.56 Å². The first-order valence-electron chi connectivity index (χ1n) is 11.7. The van der Waals surface area contributed by atoms with E-state index in [1.54, 1.807) is 41.3 Å². The fraction of sp³-hybridized carbons (Fsp3) is 0.480. The maximum Gasteiger partial charge on any atom is 0.245 e. The quantitative estimate of drug-likeness (QED) is 0.661. The van der Waals surface area contributed by atoms with Gasteiger partial charge in [0.2, 0.25) is 15.9 Å². The fourth-order valence-corrected chi connectivity index (χ4v) is 4.65. The molecule has 2 aromatic rings. The van der Waals surface area contributed by atoms with Crippen LogP contribution < -0.4 is 4.72 Å². The molecule has 0 aliphatic carbocycles. The number of aryl methyl sites for hydroxylation is 1. The summed E-state index contributed by atoms with van der Waals surface area (Å²) in [4.78, 5) is 15.4. The van der Waals surface area contributed by atoms with Crippen molar-refractivity contribution in [2.75, 3.05) is 65.9 Å². The maximum atomic E-state index is 13.7. The first-order valence-corrected chi connectivity index (χ1v) is 13.2. The number of amides is 1. The minimum absolute atomic E-state index is 0.0977. The molecule has 9 nitrogen and oxygen atoms in total. The summed E-state index contributed by atoms with van der Waals surface area (Å²) in [7, 11) is -3.95. The number of nitrogens with one attached hydrogen (secondary N) is 1. The topological polar surface area (TPSA) is 103 Å². The van der Waals surface area contributed by atoms with Crippen LogP contribution in [0.25, 0.3) is 0 Å². The number of sulfonamides is 1. The van der Waals surface area contributed by atoms with Crippen LogP contribution in [-0.4, -0.2) is 85.2 Å². The molecule has 0 bridgehead atoms. The zero-order valence-electron chi connectivity index (χ0n) is 20.1. The van der Waals surface area contributed by atoms with Crippen molar-refractivity contribution in [2.24, 2.45) is 0 Å². The second-order valence-electron chi connectivity index (χ2n) is 8.05. The molecule has 1 aliphatic rings. The molecule has 1 N–H and O–H groups in total. The lowest BCUT2D eigenvalue weighted by molar-refractivity contribution is -0.134. The zero-order valence-corrected chi connectivity index (χ0v) is 20.9. The van der Waals surface area contributed by atoms with Crippen LogP contribution in [0.1, 0.15) is 17.2 Å². The van der Waals surface area contributed by atoms with Gasteiger partial charge in [0.15, 0.2) is 0 Å². The lowest BCUT2D eigenvalue weighted by Gasteiger charge is -2.28. The molecule has 0 saturated carbocycles. The van der Waals surface area contributed by atoms with Crippen LogP contribution in [0, 0.1) is 6.92 Å². The molecule has 1 saturated heterocycles. The molecule has 0 spiro atoms. The molecule has 0 aromatic heterocycles. The molecule has 35 heavy (non-hydrogen) atoms. The molecule has 1 atom stereocenters. The molecule has 0 radical (unpaired) electrons. The second kappa shape index (κ2) is 14.3. The molecule has 10 heteroatoms. The Morgan fingerprint density at radius 3 is 1.77 bits per heavy atom. The van der Waals surface area contributed by atoms with Gasteiger partial charge in [-0.25, -0.2) is 8.42 Å². The third-order valence-electron chi connectivity index (χ3n) is 5.42. The monoisotopic (exact) mass is 506 g/mol. The maximum absolute atomic E-state index is 13.7. The molecule has 1 aliphatic heterocycles. The van der Waals surface area contributed by atoms with Crippen molar-refractivity contribution in [2.45, 2.75) is 17.9 Å². The van der Waals surface area contributed by atoms with Crippen LogP contribution in [-0.2, 0) is 33.8 Å². The van der Waals surface area contributed by atoms with E-state index >= 15 is 0 Å². The Kier molecular flexibility index (Phi) is 11.1. The molecule has 1 fully saturated rings. The van der Waals surface area contributed by atoms with Crippen LogP contribution in [0.5, 0.6) is 0 Å². The number of carbonyl (C=O) groups excluding carboxylic acids is 1. The highest BCUT2D eigenvalue weighted by Crippen LogP contribution is 2.20. The number of nitrogens with zero attached hydrogens (tertiary/aromatic N) is 1. The lowest BCUT2D eigenvalue weighted by Crippen LogP contribution is -2.45. The summed E-state index contributed by atoms with van der Waals surface area (Å²) in [6, 6.07) is 14.2. The standard InChI is InChI=1S/C25H34N2O7S/c1-21-7-9-23(10-8-21)35(29,30)26-24(22-5-3-2-4-6-22)25(28)27-11-13-31-15-17-33-19-20-34-18-16-32-14-12-27/h2-10,24,26H,11-20H2,1H3/t24-/m0/s1. The number of hydrogen-bond donors (Lipinski definition) is 1. The van der Waals surface area contributed by atoms with Gasteiger partial charge in [-0.1, -0.05) is 48.0 Å². The van der Waals surface area contributed by atoms with Gasteiger partial charge in [0.1, 0.15) is 6.04 Å². The SMILES string of the molecule is Cc1ccc(S(=O)(=O)N[C@H](C(=O)N2CCOCCOCCOCCOCC2)c2ccccc2)cc1. The van der Waals surface area contributed by atoms with E-state index < -0.39 is 16.1 Å². The van der Waals surface area contributed by atoms with Gasteiger partial charge in [-0.2, -0.15) is 4.72 Å². The van der Waals surface area contributed by atoms with E-state index in [1.165, 1.54) is 12.1 Å². The highest BCUT2D eigenvalue weighted by molar-refractivity contribution is 7.89. The van der Waals surface area contributed by atoms with Crippen molar-refractivity contribution >= 4 is 15.9 Å². The first-order chi connectivity index (χ1) is 17.0. The smallest absolute Gasteiger partial charge is 0.245 e. The van der Waals surface area contributed by atoms with Crippen LogP contribution in [0.4, 0.5) is 0 Å². The number of hydrogen-bond acceptors (Lipinski definition) is 7. The van der Waals surface area contributed by atoms with E-state index in [1.807, 2.05) is 13.0 Å². The van der Waals surface area contributed by atoms with Crippen LogP contribution in [0.2, 0.25) is 0 Å². The van der Waals surface area contributed by atoms with Crippen molar-refractivity contribution in [3.8, 4) is 0 Å². The molecular formula is C25H34N2O7S. The Morgan fingerprint density at radius 1 is 0.771 bits per heavy atom. The molecule has 3 rings (SSSR count). The van der Waals surface area contributed by atoms with Crippen molar-refractivity contribution < 1.29 is 32.2 Å². The van der Waals surface area contributed by atoms with Gasteiger partial charge in [-0.3, -0.25) is 4.79 Å². The Hall–Kier alpha value is -2.34. The molecular weight excluding hydrogens is 472 g/mol. The van der Waals surface area contributed by atoms with Crippen molar-refractivity contribution in [1.82, 2.24) is 9.62 Å². The van der Waals surface area contributed by atoms with Crippen molar-refractivity contribution in [3.63, 3.8) is 0 Å². The summed E-state index contributed by atoms with van der Waals surface area (Å²) in [6.07, 6.45) is 0. The zero-order chi connectivity index (χ0) is 24.9. The number of carbonyl (C=O) groups is 1. The van der Waals surface area contributed by atoms with Crippen LogP contribution in [0.3, 0.4) is 0 Å². The predicted molar refractivity (Wildman–Crippen MR) is 131 cm³/mol.